The van der Waals surface area contributed by atoms with Gasteiger partial charge in [-0.3, -0.25) is 19.7 Å². The summed E-state index contributed by atoms with van der Waals surface area (Å²) in [6.07, 6.45) is -4.89. The molecule has 11 heteroatoms. The summed E-state index contributed by atoms with van der Waals surface area (Å²) >= 11 is 0. The smallest absolute Gasteiger partial charge is 0.416 e. The molecule has 0 aromatic heterocycles. The van der Waals surface area contributed by atoms with Gasteiger partial charge in [0.05, 0.1) is 16.4 Å². The van der Waals surface area contributed by atoms with Gasteiger partial charge in [-0.15, -0.1) is 0 Å². The largest absolute Gasteiger partial charge is 0.481 e. The first-order valence-electron chi connectivity index (χ1n) is 8.73. The Morgan fingerprint density at radius 3 is 2.37 bits per heavy atom. The van der Waals surface area contributed by atoms with Crippen LogP contribution in [0.2, 0.25) is 0 Å². The van der Waals surface area contributed by atoms with Gasteiger partial charge >= 0.3 is 12.1 Å². The summed E-state index contributed by atoms with van der Waals surface area (Å²) < 4.78 is 38.1. The molecule has 1 atom stereocenters. The summed E-state index contributed by atoms with van der Waals surface area (Å²) in [4.78, 5) is 33.5. The van der Waals surface area contributed by atoms with E-state index in [1.807, 2.05) is 0 Å². The third-order valence-electron chi connectivity index (χ3n) is 4.19. The summed E-state index contributed by atoms with van der Waals surface area (Å²) in [5.74, 6) is -2.57. The van der Waals surface area contributed by atoms with Crippen molar-refractivity contribution in [2.24, 2.45) is 0 Å². The topological polar surface area (TPSA) is 122 Å². The molecule has 1 amide bonds. The minimum Gasteiger partial charge on any atom is -0.481 e. The average molecular weight is 425 g/mol. The number of nitro groups is 1. The van der Waals surface area contributed by atoms with E-state index in [4.69, 9.17) is 0 Å². The average Bonchev–Trinajstić information content (AvgIpc) is 2.68. The lowest BCUT2D eigenvalue weighted by molar-refractivity contribution is -0.384. The maximum atomic E-state index is 12.7. The van der Waals surface area contributed by atoms with Crippen molar-refractivity contribution in [2.75, 3.05) is 18.4 Å². The van der Waals surface area contributed by atoms with Crippen LogP contribution in [0.4, 0.5) is 24.5 Å². The standard InChI is InChI=1S/C19H18F3N3O5/c20-19(21,22)13-6-7-15(16(10-13)25(29)30)23-9-8-17(26)24-11-14(18(27)28)12-4-2-1-3-5-12/h1-7,10,14,23H,8-9,11H2,(H,24,26)(H,27,28)/t14-/m1/s1. The number of nitrogens with zero attached hydrogens (tertiary/aromatic N) is 1. The molecule has 2 aromatic carbocycles. The molecule has 160 valence electrons. The molecule has 2 aromatic rings. The molecule has 0 aliphatic heterocycles. The van der Waals surface area contributed by atoms with Gasteiger partial charge in [-0.25, -0.2) is 0 Å². The predicted octanol–water partition coefficient (Wildman–Crippen LogP) is 3.40. The van der Waals surface area contributed by atoms with Crippen molar-refractivity contribution in [1.29, 1.82) is 0 Å². The van der Waals surface area contributed by atoms with Crippen LogP contribution in [-0.4, -0.2) is 35.0 Å². The lowest BCUT2D eigenvalue weighted by Gasteiger charge is -2.14. The number of nitro benzene ring substituents is 1. The second kappa shape index (κ2) is 9.72. The highest BCUT2D eigenvalue weighted by molar-refractivity contribution is 5.80. The van der Waals surface area contributed by atoms with Crippen LogP contribution < -0.4 is 10.6 Å². The molecule has 0 aliphatic carbocycles. The van der Waals surface area contributed by atoms with Gasteiger partial charge < -0.3 is 15.7 Å². The minimum atomic E-state index is -4.72. The van der Waals surface area contributed by atoms with Gasteiger partial charge in [0.2, 0.25) is 5.91 Å². The summed E-state index contributed by atoms with van der Waals surface area (Å²) in [5, 5.41) is 25.4. The third-order valence-corrected chi connectivity index (χ3v) is 4.19. The number of halogens is 3. The Bertz CT molecular complexity index is 919. The molecule has 8 nitrogen and oxygen atoms in total. The number of carboxylic acids is 1. The number of hydrogen-bond donors (Lipinski definition) is 3. The fraction of sp³-hybridized carbons (Fsp3) is 0.263. The summed E-state index contributed by atoms with van der Waals surface area (Å²) in [5.41, 5.74) is -1.56. The second-order valence-corrected chi connectivity index (χ2v) is 6.27. The Morgan fingerprint density at radius 1 is 1.13 bits per heavy atom. The molecule has 0 unspecified atom stereocenters. The maximum Gasteiger partial charge on any atom is 0.416 e. The van der Waals surface area contributed by atoms with Crippen molar-refractivity contribution in [1.82, 2.24) is 5.32 Å². The van der Waals surface area contributed by atoms with E-state index in [-0.39, 0.29) is 25.2 Å². The summed E-state index contributed by atoms with van der Waals surface area (Å²) in [7, 11) is 0. The zero-order valence-corrected chi connectivity index (χ0v) is 15.5. The minimum absolute atomic E-state index is 0.0961. The number of carboxylic acid groups (broad SMARTS) is 1. The number of carbonyl (C=O) groups is 2. The number of nitrogens with one attached hydrogen (secondary N) is 2. The Kier molecular flexibility index (Phi) is 7.34. The van der Waals surface area contributed by atoms with E-state index in [0.717, 1.165) is 6.07 Å². The van der Waals surface area contributed by atoms with Crippen molar-refractivity contribution in [3.63, 3.8) is 0 Å². The van der Waals surface area contributed by atoms with Crippen LogP contribution in [0.1, 0.15) is 23.5 Å². The summed E-state index contributed by atoms with van der Waals surface area (Å²) in [6, 6.07) is 10.4. The van der Waals surface area contributed by atoms with Gasteiger partial charge in [-0.2, -0.15) is 13.2 Å². The molecule has 0 aliphatic rings. The highest BCUT2D eigenvalue weighted by Gasteiger charge is 2.33. The van der Waals surface area contributed by atoms with Gasteiger partial charge in [-0.1, -0.05) is 30.3 Å². The molecule has 0 radical (unpaired) electrons. The first kappa shape index (κ1) is 22.7. The Morgan fingerprint density at radius 2 is 1.80 bits per heavy atom. The Hall–Kier alpha value is -3.63. The first-order valence-corrected chi connectivity index (χ1v) is 8.73. The monoisotopic (exact) mass is 425 g/mol. The molecule has 0 saturated carbocycles. The van der Waals surface area contributed by atoms with E-state index in [1.54, 1.807) is 30.3 Å². The number of aliphatic carboxylic acids is 1. The molecule has 2 rings (SSSR count). The van der Waals surface area contributed by atoms with Crippen LogP contribution in [-0.2, 0) is 15.8 Å². The van der Waals surface area contributed by atoms with Gasteiger partial charge in [0.25, 0.3) is 5.69 Å². The zero-order chi connectivity index (χ0) is 22.3. The second-order valence-electron chi connectivity index (χ2n) is 6.27. The number of anilines is 1. The highest BCUT2D eigenvalue weighted by Crippen LogP contribution is 2.34. The number of rotatable bonds is 9. The van der Waals surface area contributed by atoms with E-state index in [2.05, 4.69) is 10.6 Å². The molecular formula is C19H18F3N3O5. The van der Waals surface area contributed by atoms with Crippen molar-refractivity contribution >= 4 is 23.3 Å². The fourth-order valence-corrected chi connectivity index (χ4v) is 2.66. The van der Waals surface area contributed by atoms with E-state index < -0.39 is 40.1 Å². The van der Waals surface area contributed by atoms with Gasteiger partial charge in [0.1, 0.15) is 5.69 Å². The SMILES string of the molecule is O=C(CCNc1ccc(C(F)(F)F)cc1[N+](=O)[O-])NC[C@@H](C(=O)O)c1ccccc1. The molecule has 3 N–H and O–H groups in total. The number of amides is 1. The van der Waals surface area contributed by atoms with E-state index in [9.17, 15) is 38.0 Å². The molecule has 0 heterocycles. The van der Waals surface area contributed by atoms with Gasteiger partial charge in [0.15, 0.2) is 0 Å². The zero-order valence-electron chi connectivity index (χ0n) is 15.5. The number of alkyl halides is 3. The first-order chi connectivity index (χ1) is 14.1. The van der Waals surface area contributed by atoms with E-state index in [1.165, 1.54) is 0 Å². The molecule has 0 bridgehead atoms. The van der Waals surface area contributed by atoms with Crippen molar-refractivity contribution in [3.05, 3.63) is 69.8 Å². The van der Waals surface area contributed by atoms with Crippen LogP contribution in [0, 0.1) is 10.1 Å². The van der Waals surface area contributed by atoms with Crippen LogP contribution in [0.5, 0.6) is 0 Å². The molecule has 0 fully saturated rings. The summed E-state index contributed by atoms with van der Waals surface area (Å²) in [6.45, 7) is -0.250. The predicted molar refractivity (Wildman–Crippen MR) is 101 cm³/mol. The van der Waals surface area contributed by atoms with E-state index >= 15 is 0 Å². The Labute approximate surface area is 168 Å². The molecule has 0 spiro atoms. The quantitative estimate of drug-likeness (QED) is 0.418. The number of benzene rings is 2. The number of hydrogen-bond acceptors (Lipinski definition) is 5. The highest BCUT2D eigenvalue weighted by atomic mass is 19.4. The lowest BCUT2D eigenvalue weighted by atomic mass is 9.99. The lowest BCUT2D eigenvalue weighted by Crippen LogP contribution is -2.32. The van der Waals surface area contributed by atoms with Crippen molar-refractivity contribution < 1.29 is 32.8 Å². The molecule has 0 saturated heterocycles. The normalized spacial score (nSPS) is 12.1. The van der Waals surface area contributed by atoms with Crippen LogP contribution >= 0.6 is 0 Å². The van der Waals surface area contributed by atoms with Gasteiger partial charge in [0, 0.05) is 25.6 Å². The van der Waals surface area contributed by atoms with E-state index in [0.29, 0.717) is 17.7 Å². The third kappa shape index (κ3) is 6.19. The van der Waals surface area contributed by atoms with Crippen molar-refractivity contribution in [3.8, 4) is 0 Å². The van der Waals surface area contributed by atoms with Crippen LogP contribution in [0.15, 0.2) is 48.5 Å². The number of carbonyl (C=O) groups excluding carboxylic acids is 1. The fourth-order valence-electron chi connectivity index (χ4n) is 2.66. The molecular weight excluding hydrogens is 407 g/mol. The van der Waals surface area contributed by atoms with Gasteiger partial charge in [-0.05, 0) is 17.7 Å². The Balaban J connectivity index is 1.93. The van der Waals surface area contributed by atoms with Crippen LogP contribution in [0.3, 0.4) is 0 Å². The van der Waals surface area contributed by atoms with Crippen molar-refractivity contribution in [2.45, 2.75) is 18.5 Å². The van der Waals surface area contributed by atoms with Crippen LogP contribution in [0.25, 0.3) is 0 Å². The molecule has 30 heavy (non-hydrogen) atoms. The maximum absolute atomic E-state index is 12.7.